The second-order valence-corrected chi connectivity index (χ2v) is 5.92. The summed E-state index contributed by atoms with van der Waals surface area (Å²) in [6, 6.07) is 0.0201. The first-order valence-electron chi connectivity index (χ1n) is 6.06. The predicted octanol–water partition coefficient (Wildman–Crippen LogP) is 0.730. The lowest BCUT2D eigenvalue weighted by atomic mass is 10.1. The van der Waals surface area contributed by atoms with Gasteiger partial charge in [-0.3, -0.25) is 9.55 Å². The van der Waals surface area contributed by atoms with E-state index in [4.69, 9.17) is 15.5 Å². The minimum atomic E-state index is -4.30. The summed E-state index contributed by atoms with van der Waals surface area (Å²) in [7, 11) is -4.30. The minimum absolute atomic E-state index is 0.0201. The third-order valence-electron chi connectivity index (χ3n) is 2.64. The van der Waals surface area contributed by atoms with Crippen LogP contribution in [0.4, 0.5) is 0 Å². The van der Waals surface area contributed by atoms with E-state index in [1.807, 2.05) is 0 Å². The number of nitrogens with two attached hydrogens (primary N) is 1. The van der Waals surface area contributed by atoms with E-state index in [1.165, 1.54) is 6.20 Å². The first kappa shape index (κ1) is 15.2. The van der Waals surface area contributed by atoms with Gasteiger partial charge in [0.25, 0.3) is 0 Å². The Morgan fingerprint density at radius 3 is 2.56 bits per heavy atom. The third kappa shape index (κ3) is 5.23. The fourth-order valence-electron chi connectivity index (χ4n) is 1.63. The van der Waals surface area contributed by atoms with Crippen LogP contribution in [0.5, 0.6) is 0 Å². The summed E-state index contributed by atoms with van der Waals surface area (Å²) < 4.78 is 10.9. The minimum Gasteiger partial charge on any atom is -0.327 e. The van der Waals surface area contributed by atoms with Gasteiger partial charge in [-0.25, -0.2) is 4.98 Å². The maximum absolute atomic E-state index is 10.9. The van der Waals surface area contributed by atoms with Crippen LogP contribution in [0, 0.1) is 0 Å². The van der Waals surface area contributed by atoms with Crippen LogP contribution < -0.4 is 11.2 Å². The summed E-state index contributed by atoms with van der Waals surface area (Å²) in [4.78, 5) is 25.5. The SMILES string of the molecule is CCCCCC(N)Cc1cnc(P(=O)(O)O)cn1. The lowest BCUT2D eigenvalue weighted by Crippen LogP contribution is -2.24. The van der Waals surface area contributed by atoms with Crippen LogP contribution in [0.1, 0.15) is 38.3 Å². The van der Waals surface area contributed by atoms with E-state index in [-0.39, 0.29) is 11.5 Å². The Kier molecular flexibility index (Phi) is 5.88. The standard InChI is InChI=1S/C11H20N3O3P/c1-2-3-4-5-9(12)6-10-7-14-11(8-13-10)18(15,16)17/h7-9H,2-6,12H2,1H3,(H2,15,16,17). The topological polar surface area (TPSA) is 109 Å². The quantitative estimate of drug-likeness (QED) is 0.499. The van der Waals surface area contributed by atoms with Gasteiger partial charge in [-0.1, -0.05) is 26.2 Å². The van der Waals surface area contributed by atoms with Crippen molar-refractivity contribution >= 4 is 13.0 Å². The lowest BCUT2D eigenvalue weighted by molar-refractivity contribution is 0.386. The smallest absolute Gasteiger partial charge is 0.327 e. The number of hydrogen-bond donors (Lipinski definition) is 3. The predicted molar refractivity (Wildman–Crippen MR) is 69.5 cm³/mol. The second-order valence-electron chi connectivity index (χ2n) is 4.37. The molecule has 0 amide bonds. The molecule has 0 saturated carbocycles. The molecule has 0 spiro atoms. The highest BCUT2D eigenvalue weighted by Crippen LogP contribution is 2.31. The van der Waals surface area contributed by atoms with Gasteiger partial charge in [0.05, 0.1) is 11.9 Å². The molecule has 0 aliphatic carbocycles. The summed E-state index contributed by atoms with van der Waals surface area (Å²) in [6.07, 6.45) is 7.42. The molecule has 0 aliphatic rings. The van der Waals surface area contributed by atoms with Crippen molar-refractivity contribution in [3.63, 3.8) is 0 Å². The van der Waals surface area contributed by atoms with Crippen LogP contribution in [-0.2, 0) is 11.0 Å². The van der Waals surface area contributed by atoms with E-state index in [0.717, 1.165) is 31.9 Å². The molecule has 102 valence electrons. The molecule has 1 aromatic heterocycles. The zero-order valence-corrected chi connectivity index (χ0v) is 11.4. The highest BCUT2D eigenvalue weighted by atomic mass is 31.2. The highest BCUT2D eigenvalue weighted by Gasteiger charge is 2.19. The molecule has 6 nitrogen and oxygen atoms in total. The normalized spacial score (nSPS) is 13.6. The number of hydrogen-bond acceptors (Lipinski definition) is 4. The van der Waals surface area contributed by atoms with Crippen molar-refractivity contribution in [3.8, 4) is 0 Å². The van der Waals surface area contributed by atoms with Gasteiger partial charge in [0.2, 0.25) is 0 Å². The zero-order valence-electron chi connectivity index (χ0n) is 10.5. The molecule has 1 unspecified atom stereocenters. The molecule has 1 heterocycles. The van der Waals surface area contributed by atoms with Gasteiger partial charge in [0, 0.05) is 18.7 Å². The molecule has 0 aliphatic heterocycles. The van der Waals surface area contributed by atoms with Crippen LogP contribution in [0.3, 0.4) is 0 Å². The Morgan fingerprint density at radius 1 is 1.33 bits per heavy atom. The maximum Gasteiger partial charge on any atom is 0.376 e. The van der Waals surface area contributed by atoms with Crippen molar-refractivity contribution in [2.75, 3.05) is 0 Å². The van der Waals surface area contributed by atoms with Crippen LogP contribution in [0.25, 0.3) is 0 Å². The Labute approximate surface area is 107 Å². The zero-order chi connectivity index (χ0) is 13.6. The summed E-state index contributed by atoms with van der Waals surface area (Å²) in [5.41, 5.74) is 6.31. The number of aromatic nitrogens is 2. The fraction of sp³-hybridized carbons (Fsp3) is 0.636. The Morgan fingerprint density at radius 2 is 2.06 bits per heavy atom. The molecule has 1 aromatic rings. The average Bonchev–Trinajstić information content (AvgIpc) is 2.29. The maximum atomic E-state index is 10.9. The fourth-order valence-corrected chi connectivity index (χ4v) is 2.05. The van der Waals surface area contributed by atoms with E-state index in [1.54, 1.807) is 0 Å². The molecule has 7 heteroatoms. The number of rotatable bonds is 7. The van der Waals surface area contributed by atoms with Crippen molar-refractivity contribution in [1.82, 2.24) is 9.97 Å². The van der Waals surface area contributed by atoms with Crippen molar-refractivity contribution in [2.24, 2.45) is 5.73 Å². The summed E-state index contributed by atoms with van der Waals surface area (Å²) in [6.45, 7) is 2.14. The molecule has 0 bridgehead atoms. The molecule has 0 aromatic carbocycles. The molecular weight excluding hydrogens is 253 g/mol. The Hall–Kier alpha value is -0.810. The third-order valence-corrected chi connectivity index (χ3v) is 3.47. The average molecular weight is 273 g/mol. The Balaban J connectivity index is 2.51. The van der Waals surface area contributed by atoms with Gasteiger partial charge >= 0.3 is 7.60 Å². The van der Waals surface area contributed by atoms with Gasteiger partial charge in [0.1, 0.15) is 0 Å². The van der Waals surface area contributed by atoms with Gasteiger partial charge in [0.15, 0.2) is 5.44 Å². The van der Waals surface area contributed by atoms with Crippen molar-refractivity contribution in [3.05, 3.63) is 18.1 Å². The molecule has 0 saturated heterocycles. The van der Waals surface area contributed by atoms with Crippen LogP contribution in [-0.4, -0.2) is 25.8 Å². The first-order valence-corrected chi connectivity index (χ1v) is 7.67. The van der Waals surface area contributed by atoms with Crippen molar-refractivity contribution in [1.29, 1.82) is 0 Å². The lowest BCUT2D eigenvalue weighted by Gasteiger charge is -2.10. The van der Waals surface area contributed by atoms with Gasteiger partial charge < -0.3 is 15.5 Å². The molecule has 18 heavy (non-hydrogen) atoms. The van der Waals surface area contributed by atoms with E-state index < -0.39 is 7.60 Å². The van der Waals surface area contributed by atoms with Gasteiger partial charge in [-0.2, -0.15) is 0 Å². The molecule has 0 radical (unpaired) electrons. The number of nitrogens with zero attached hydrogens (tertiary/aromatic N) is 2. The first-order chi connectivity index (χ1) is 8.43. The van der Waals surface area contributed by atoms with Crippen LogP contribution >= 0.6 is 7.60 Å². The molecule has 1 rings (SSSR count). The number of unbranched alkanes of at least 4 members (excludes halogenated alkanes) is 2. The Bertz CT molecular complexity index is 404. The summed E-state index contributed by atoms with van der Waals surface area (Å²) >= 11 is 0. The van der Waals surface area contributed by atoms with E-state index in [9.17, 15) is 4.57 Å². The molecule has 4 N–H and O–H groups in total. The van der Waals surface area contributed by atoms with Crippen LogP contribution in [0.15, 0.2) is 12.4 Å². The monoisotopic (exact) mass is 273 g/mol. The van der Waals surface area contributed by atoms with Gasteiger partial charge in [-0.15, -0.1) is 0 Å². The van der Waals surface area contributed by atoms with E-state index in [0.29, 0.717) is 12.1 Å². The summed E-state index contributed by atoms with van der Waals surface area (Å²) in [5.74, 6) is 0. The van der Waals surface area contributed by atoms with Crippen molar-refractivity contribution < 1.29 is 14.4 Å². The molecule has 0 fully saturated rings. The largest absolute Gasteiger partial charge is 0.376 e. The summed E-state index contributed by atoms with van der Waals surface area (Å²) in [5, 5.41) is 0. The molecular formula is C11H20N3O3P. The van der Waals surface area contributed by atoms with E-state index in [2.05, 4.69) is 16.9 Å². The second kappa shape index (κ2) is 6.95. The molecule has 1 atom stereocenters. The highest BCUT2D eigenvalue weighted by molar-refractivity contribution is 7.59. The van der Waals surface area contributed by atoms with Crippen LogP contribution in [0.2, 0.25) is 0 Å². The van der Waals surface area contributed by atoms with Gasteiger partial charge in [-0.05, 0) is 6.42 Å². The van der Waals surface area contributed by atoms with E-state index >= 15 is 0 Å². The van der Waals surface area contributed by atoms with Crippen molar-refractivity contribution in [2.45, 2.75) is 45.1 Å².